The fourth-order valence-electron chi connectivity index (χ4n) is 2.55. The summed E-state index contributed by atoms with van der Waals surface area (Å²) >= 11 is 0. The van der Waals surface area contributed by atoms with Crippen LogP contribution in [0.15, 0.2) is 0 Å². The van der Waals surface area contributed by atoms with Crippen molar-refractivity contribution in [1.29, 1.82) is 0 Å². The molecule has 4 amide bonds. The van der Waals surface area contributed by atoms with E-state index in [-0.39, 0.29) is 18.8 Å². The van der Waals surface area contributed by atoms with Gasteiger partial charge >= 0.3 is 11.9 Å². The number of hydrogen-bond donors (Lipinski definition) is 7. The summed E-state index contributed by atoms with van der Waals surface area (Å²) in [6, 6.07) is -5.16. The van der Waals surface area contributed by atoms with Gasteiger partial charge in [-0.3, -0.25) is 24.0 Å². The lowest BCUT2D eigenvalue weighted by atomic mass is 10.0. The van der Waals surface area contributed by atoms with Crippen LogP contribution in [-0.2, 0) is 28.8 Å². The highest BCUT2D eigenvalue weighted by atomic mass is 16.4. The molecule has 0 saturated heterocycles. The summed E-state index contributed by atoms with van der Waals surface area (Å²) < 4.78 is 0. The maximum absolute atomic E-state index is 12.7. The van der Waals surface area contributed by atoms with Gasteiger partial charge in [0.2, 0.25) is 23.6 Å². The summed E-state index contributed by atoms with van der Waals surface area (Å²) in [5.41, 5.74) is 10.7. The fourth-order valence-corrected chi connectivity index (χ4v) is 2.55. The third kappa shape index (κ3) is 10.2. The number of nitrogens with one attached hydrogen (secondary N) is 3. The fraction of sp³-hybridized carbons (Fsp3) is 0.684. The van der Waals surface area contributed by atoms with Crippen molar-refractivity contribution in [1.82, 2.24) is 16.0 Å². The number of primary amides is 1. The first kappa shape index (κ1) is 28.8. The van der Waals surface area contributed by atoms with Gasteiger partial charge < -0.3 is 37.6 Å². The summed E-state index contributed by atoms with van der Waals surface area (Å²) in [5.74, 6) is -6.84. The van der Waals surface area contributed by atoms with Crippen molar-refractivity contribution < 1.29 is 39.0 Å². The van der Waals surface area contributed by atoms with E-state index in [1.165, 1.54) is 0 Å². The van der Waals surface area contributed by atoms with Gasteiger partial charge in [0.05, 0.1) is 12.5 Å². The lowest BCUT2D eigenvalue weighted by Gasteiger charge is -2.27. The summed E-state index contributed by atoms with van der Waals surface area (Å²) in [5, 5.41) is 25.2. The molecule has 0 aliphatic rings. The van der Waals surface area contributed by atoms with Gasteiger partial charge in [-0.05, 0) is 18.3 Å². The Kier molecular flexibility index (Phi) is 11.9. The Bertz CT molecular complexity index is 725. The number of carboxylic acid groups (broad SMARTS) is 2. The average Bonchev–Trinajstić information content (AvgIpc) is 2.66. The quantitative estimate of drug-likeness (QED) is 0.151. The van der Waals surface area contributed by atoms with Crippen molar-refractivity contribution in [2.45, 2.75) is 71.1 Å². The zero-order valence-corrected chi connectivity index (χ0v) is 18.6. The first-order chi connectivity index (χ1) is 14.7. The molecule has 4 atom stereocenters. The van der Waals surface area contributed by atoms with E-state index in [4.69, 9.17) is 16.6 Å². The molecule has 0 aliphatic carbocycles. The van der Waals surface area contributed by atoms with Crippen LogP contribution in [0.1, 0.15) is 47.0 Å². The smallest absolute Gasteiger partial charge is 0.326 e. The topological polar surface area (TPSA) is 231 Å². The zero-order valence-electron chi connectivity index (χ0n) is 18.6. The lowest BCUT2D eigenvalue weighted by molar-refractivity contribution is -0.144. The molecule has 13 nitrogen and oxygen atoms in total. The Morgan fingerprint density at radius 2 is 1.31 bits per heavy atom. The summed E-state index contributed by atoms with van der Waals surface area (Å²) in [6.07, 6.45) is -1.29. The van der Waals surface area contributed by atoms with E-state index in [0.29, 0.717) is 0 Å². The molecule has 0 spiro atoms. The number of hydrogen-bond acceptors (Lipinski definition) is 7. The molecule has 0 radical (unpaired) electrons. The highest BCUT2D eigenvalue weighted by Crippen LogP contribution is 2.07. The second-order valence-electron chi connectivity index (χ2n) is 8.06. The maximum Gasteiger partial charge on any atom is 0.326 e. The van der Waals surface area contributed by atoms with Gasteiger partial charge in [-0.1, -0.05) is 27.7 Å². The van der Waals surface area contributed by atoms with Crippen molar-refractivity contribution in [3.8, 4) is 0 Å². The first-order valence-electron chi connectivity index (χ1n) is 10.1. The van der Waals surface area contributed by atoms with E-state index in [0.717, 1.165) is 0 Å². The van der Waals surface area contributed by atoms with Crippen LogP contribution in [-0.4, -0.2) is 69.9 Å². The van der Waals surface area contributed by atoms with Crippen molar-refractivity contribution in [3.05, 3.63) is 0 Å². The van der Waals surface area contributed by atoms with Crippen molar-refractivity contribution in [3.63, 3.8) is 0 Å². The average molecular weight is 460 g/mol. The van der Waals surface area contributed by atoms with E-state index in [9.17, 15) is 33.9 Å². The number of nitrogens with two attached hydrogens (primary N) is 2. The molecule has 0 rings (SSSR count). The molecule has 13 heteroatoms. The molecule has 0 heterocycles. The second-order valence-corrected chi connectivity index (χ2v) is 8.06. The van der Waals surface area contributed by atoms with Crippen LogP contribution in [0.2, 0.25) is 0 Å². The van der Waals surface area contributed by atoms with Crippen LogP contribution in [0.25, 0.3) is 0 Å². The molecule has 9 N–H and O–H groups in total. The predicted molar refractivity (Wildman–Crippen MR) is 112 cm³/mol. The summed E-state index contributed by atoms with van der Waals surface area (Å²) in [7, 11) is 0. The van der Waals surface area contributed by atoms with Crippen LogP contribution >= 0.6 is 0 Å². The number of rotatable bonds is 14. The minimum atomic E-state index is -1.51. The summed E-state index contributed by atoms with van der Waals surface area (Å²) in [4.78, 5) is 70.9. The predicted octanol–water partition coefficient (Wildman–Crippen LogP) is -2.10. The molecular formula is C19H33N5O8. The molecule has 0 aromatic carbocycles. The molecule has 0 aliphatic heterocycles. The van der Waals surface area contributed by atoms with E-state index in [1.54, 1.807) is 27.7 Å². The Labute approximate surface area is 185 Å². The molecule has 0 bridgehead atoms. The second kappa shape index (κ2) is 13.2. The van der Waals surface area contributed by atoms with Crippen LogP contribution in [0.4, 0.5) is 0 Å². The normalized spacial score (nSPS) is 14.7. The Balaban J connectivity index is 5.45. The minimum Gasteiger partial charge on any atom is -0.481 e. The van der Waals surface area contributed by atoms with Gasteiger partial charge in [-0.25, -0.2) is 4.79 Å². The van der Waals surface area contributed by atoms with Gasteiger partial charge in [0, 0.05) is 6.42 Å². The largest absolute Gasteiger partial charge is 0.481 e. The highest BCUT2D eigenvalue weighted by Gasteiger charge is 2.33. The molecule has 0 aromatic rings. The highest BCUT2D eigenvalue weighted by molar-refractivity contribution is 5.95. The first-order valence-corrected chi connectivity index (χ1v) is 10.1. The van der Waals surface area contributed by atoms with E-state index in [2.05, 4.69) is 16.0 Å². The number of carbonyl (C=O) groups excluding carboxylic acids is 4. The van der Waals surface area contributed by atoms with Crippen molar-refractivity contribution in [2.24, 2.45) is 23.3 Å². The van der Waals surface area contributed by atoms with Crippen molar-refractivity contribution >= 4 is 35.6 Å². The Hall–Kier alpha value is -3.22. The van der Waals surface area contributed by atoms with Crippen LogP contribution in [0, 0.1) is 11.8 Å². The Morgan fingerprint density at radius 1 is 0.781 bits per heavy atom. The van der Waals surface area contributed by atoms with E-state index in [1.807, 2.05) is 0 Å². The SMILES string of the molecule is CC(C)C(N)C(=O)NC(CC(=O)O)C(=O)NC(C(=O)NC(CCC(N)=O)C(=O)O)C(C)C. The molecule has 32 heavy (non-hydrogen) atoms. The van der Waals surface area contributed by atoms with Crippen molar-refractivity contribution in [2.75, 3.05) is 0 Å². The minimum absolute atomic E-state index is 0.250. The monoisotopic (exact) mass is 459 g/mol. The number of carbonyl (C=O) groups is 6. The Morgan fingerprint density at radius 3 is 1.72 bits per heavy atom. The summed E-state index contributed by atoms with van der Waals surface area (Å²) in [6.45, 7) is 6.49. The third-order valence-corrected chi connectivity index (χ3v) is 4.57. The van der Waals surface area contributed by atoms with Gasteiger partial charge in [0.1, 0.15) is 18.1 Å². The molecule has 4 unspecified atom stereocenters. The van der Waals surface area contributed by atoms with Crippen LogP contribution in [0.5, 0.6) is 0 Å². The molecule has 0 aromatic heterocycles. The van der Waals surface area contributed by atoms with Crippen LogP contribution < -0.4 is 27.4 Å². The number of amides is 4. The molecule has 0 saturated carbocycles. The van der Waals surface area contributed by atoms with Gasteiger partial charge in [0.15, 0.2) is 0 Å². The molecule has 0 fully saturated rings. The lowest BCUT2D eigenvalue weighted by Crippen LogP contribution is -2.59. The van der Waals surface area contributed by atoms with Gasteiger partial charge in [0.25, 0.3) is 0 Å². The van der Waals surface area contributed by atoms with Gasteiger partial charge in [-0.15, -0.1) is 0 Å². The van der Waals surface area contributed by atoms with E-state index >= 15 is 0 Å². The maximum atomic E-state index is 12.7. The standard InChI is InChI=1S/C19H33N5O8/c1-8(2)14(21)17(29)23-11(7-13(26)27)16(28)24-15(9(3)4)18(30)22-10(19(31)32)5-6-12(20)25/h8-11,14-15H,5-7,21H2,1-4H3,(H2,20,25)(H,22,30)(H,23,29)(H,24,28)(H,26,27)(H,31,32). The number of aliphatic carboxylic acids is 2. The van der Waals surface area contributed by atoms with Crippen LogP contribution in [0.3, 0.4) is 0 Å². The van der Waals surface area contributed by atoms with Gasteiger partial charge in [-0.2, -0.15) is 0 Å². The third-order valence-electron chi connectivity index (χ3n) is 4.57. The van der Waals surface area contributed by atoms with E-state index < -0.39 is 72.1 Å². The molecular weight excluding hydrogens is 426 g/mol. The zero-order chi connectivity index (χ0) is 25.2. The molecule has 182 valence electrons. The number of carboxylic acids is 2.